The SMILES string of the molecule is O=[N+]([O-])c1cc(Br)c(F)cc1N1CCN2CCOCC2C1. The number of morpholine rings is 1. The lowest BCUT2D eigenvalue weighted by atomic mass is 10.1. The van der Waals surface area contributed by atoms with Crippen LogP contribution in [0.2, 0.25) is 0 Å². The number of nitro benzene ring substituents is 1. The van der Waals surface area contributed by atoms with E-state index >= 15 is 0 Å². The van der Waals surface area contributed by atoms with Crippen molar-refractivity contribution >= 4 is 27.3 Å². The molecule has 3 rings (SSSR count). The molecule has 1 atom stereocenters. The minimum atomic E-state index is -0.488. The molecule has 6 nitrogen and oxygen atoms in total. The number of nitrogens with zero attached hydrogens (tertiary/aromatic N) is 3. The van der Waals surface area contributed by atoms with Crippen LogP contribution in [0.3, 0.4) is 0 Å². The quantitative estimate of drug-likeness (QED) is 0.597. The van der Waals surface area contributed by atoms with E-state index in [9.17, 15) is 14.5 Å². The molecule has 2 aliphatic rings. The predicted octanol–water partition coefficient (Wildman–Crippen LogP) is 2.02. The number of halogens is 2. The molecule has 21 heavy (non-hydrogen) atoms. The van der Waals surface area contributed by atoms with Crippen molar-refractivity contribution in [1.29, 1.82) is 0 Å². The summed E-state index contributed by atoms with van der Waals surface area (Å²) in [6.07, 6.45) is 0. The minimum Gasteiger partial charge on any atom is -0.378 e. The standard InChI is InChI=1S/C13H15BrFN3O3/c14-10-5-13(18(19)20)12(6-11(10)15)17-2-1-16-3-4-21-8-9(16)7-17/h5-6,9H,1-4,7-8H2. The molecule has 2 fully saturated rings. The largest absolute Gasteiger partial charge is 0.378 e. The lowest BCUT2D eigenvalue weighted by Gasteiger charge is -2.44. The van der Waals surface area contributed by atoms with Gasteiger partial charge in [-0.05, 0) is 15.9 Å². The Labute approximate surface area is 129 Å². The van der Waals surface area contributed by atoms with Gasteiger partial charge >= 0.3 is 0 Å². The normalized spacial score (nSPS) is 23.0. The van der Waals surface area contributed by atoms with Crippen molar-refractivity contribution < 1.29 is 14.1 Å². The Morgan fingerprint density at radius 2 is 2.19 bits per heavy atom. The average molecular weight is 360 g/mol. The molecule has 0 spiro atoms. The van der Waals surface area contributed by atoms with Crippen molar-refractivity contribution in [2.45, 2.75) is 6.04 Å². The molecule has 0 amide bonds. The van der Waals surface area contributed by atoms with Crippen LogP contribution in [0.1, 0.15) is 0 Å². The van der Waals surface area contributed by atoms with Crippen LogP contribution in [0.4, 0.5) is 15.8 Å². The summed E-state index contributed by atoms with van der Waals surface area (Å²) in [6, 6.07) is 2.68. The highest BCUT2D eigenvalue weighted by Gasteiger charge is 2.32. The fourth-order valence-corrected chi connectivity index (χ4v) is 3.22. The third kappa shape index (κ3) is 2.88. The Morgan fingerprint density at radius 3 is 2.95 bits per heavy atom. The number of ether oxygens (including phenoxy) is 1. The molecule has 0 saturated carbocycles. The van der Waals surface area contributed by atoms with Gasteiger partial charge in [-0.15, -0.1) is 0 Å². The first-order valence-electron chi connectivity index (χ1n) is 6.76. The smallest absolute Gasteiger partial charge is 0.293 e. The first kappa shape index (κ1) is 14.7. The van der Waals surface area contributed by atoms with Crippen LogP contribution in [0.15, 0.2) is 16.6 Å². The van der Waals surface area contributed by atoms with Gasteiger partial charge in [-0.25, -0.2) is 4.39 Å². The van der Waals surface area contributed by atoms with Crippen LogP contribution in [0, 0.1) is 15.9 Å². The highest BCUT2D eigenvalue weighted by Crippen LogP contribution is 2.34. The maximum atomic E-state index is 13.8. The van der Waals surface area contributed by atoms with Gasteiger partial charge in [-0.2, -0.15) is 0 Å². The zero-order valence-corrected chi connectivity index (χ0v) is 12.9. The van der Waals surface area contributed by atoms with E-state index < -0.39 is 10.7 Å². The van der Waals surface area contributed by atoms with Crippen LogP contribution >= 0.6 is 15.9 Å². The molecule has 0 N–H and O–H groups in total. The Hall–Kier alpha value is -1.25. The fraction of sp³-hybridized carbons (Fsp3) is 0.538. The van der Waals surface area contributed by atoms with E-state index in [1.54, 1.807) is 0 Å². The Bertz CT molecular complexity index is 572. The second kappa shape index (κ2) is 5.86. The summed E-state index contributed by atoms with van der Waals surface area (Å²) in [5.74, 6) is -0.488. The van der Waals surface area contributed by atoms with Crippen LogP contribution in [-0.2, 0) is 4.74 Å². The Morgan fingerprint density at radius 1 is 1.38 bits per heavy atom. The fourth-order valence-electron chi connectivity index (χ4n) is 2.89. The molecule has 0 aromatic heterocycles. The summed E-state index contributed by atoms with van der Waals surface area (Å²) in [5, 5.41) is 11.2. The molecule has 114 valence electrons. The molecular weight excluding hydrogens is 345 g/mol. The van der Waals surface area contributed by atoms with Gasteiger partial charge in [0, 0.05) is 38.3 Å². The number of hydrogen-bond acceptors (Lipinski definition) is 5. The number of benzene rings is 1. The summed E-state index contributed by atoms with van der Waals surface area (Å²) >= 11 is 3.00. The predicted molar refractivity (Wildman–Crippen MR) is 79.1 cm³/mol. The zero-order valence-electron chi connectivity index (χ0n) is 11.3. The first-order valence-corrected chi connectivity index (χ1v) is 7.55. The zero-order chi connectivity index (χ0) is 15.0. The Kier molecular flexibility index (Phi) is 4.10. The van der Waals surface area contributed by atoms with E-state index in [-0.39, 0.29) is 16.2 Å². The van der Waals surface area contributed by atoms with E-state index in [0.29, 0.717) is 25.4 Å². The summed E-state index contributed by atoms with van der Waals surface area (Å²) in [4.78, 5) is 14.9. The topological polar surface area (TPSA) is 58.9 Å². The number of nitro groups is 1. The summed E-state index contributed by atoms with van der Waals surface area (Å²) in [7, 11) is 0. The van der Waals surface area contributed by atoms with Gasteiger partial charge in [0.2, 0.25) is 0 Å². The lowest BCUT2D eigenvalue weighted by molar-refractivity contribution is -0.384. The third-order valence-electron chi connectivity index (χ3n) is 3.99. The second-order valence-electron chi connectivity index (χ2n) is 5.22. The monoisotopic (exact) mass is 359 g/mol. The molecule has 1 aromatic carbocycles. The van der Waals surface area contributed by atoms with Crippen molar-refractivity contribution in [3.63, 3.8) is 0 Å². The number of hydrogen-bond donors (Lipinski definition) is 0. The highest BCUT2D eigenvalue weighted by molar-refractivity contribution is 9.10. The van der Waals surface area contributed by atoms with Gasteiger partial charge in [0.1, 0.15) is 11.5 Å². The van der Waals surface area contributed by atoms with Gasteiger partial charge in [0.25, 0.3) is 5.69 Å². The number of piperazine rings is 1. The van der Waals surface area contributed by atoms with Crippen LogP contribution in [0.5, 0.6) is 0 Å². The Balaban J connectivity index is 1.89. The van der Waals surface area contributed by atoms with E-state index in [1.165, 1.54) is 12.1 Å². The van der Waals surface area contributed by atoms with E-state index in [1.807, 2.05) is 4.90 Å². The van der Waals surface area contributed by atoms with Gasteiger partial charge in [0.15, 0.2) is 0 Å². The third-order valence-corrected chi connectivity index (χ3v) is 4.60. The lowest BCUT2D eigenvalue weighted by Crippen LogP contribution is -2.58. The number of fused-ring (bicyclic) bond motifs is 1. The molecule has 0 bridgehead atoms. The molecule has 8 heteroatoms. The van der Waals surface area contributed by atoms with Gasteiger partial charge < -0.3 is 9.64 Å². The molecule has 2 heterocycles. The maximum Gasteiger partial charge on any atom is 0.293 e. The first-order chi connectivity index (χ1) is 10.1. The van der Waals surface area contributed by atoms with E-state index in [4.69, 9.17) is 4.74 Å². The average Bonchev–Trinajstić information content (AvgIpc) is 2.49. The van der Waals surface area contributed by atoms with Crippen LogP contribution in [0.25, 0.3) is 0 Å². The van der Waals surface area contributed by atoms with Crippen molar-refractivity contribution in [2.75, 3.05) is 44.3 Å². The summed E-state index contributed by atoms with van der Waals surface area (Å²) < 4.78 is 19.3. The minimum absolute atomic E-state index is 0.0755. The van der Waals surface area contributed by atoms with Crippen molar-refractivity contribution in [1.82, 2.24) is 4.90 Å². The van der Waals surface area contributed by atoms with E-state index in [0.717, 1.165) is 19.7 Å². The maximum absolute atomic E-state index is 13.8. The van der Waals surface area contributed by atoms with Gasteiger partial charge in [-0.1, -0.05) is 0 Å². The van der Waals surface area contributed by atoms with Crippen molar-refractivity contribution in [2.24, 2.45) is 0 Å². The van der Waals surface area contributed by atoms with Gasteiger partial charge in [0.05, 0.1) is 28.7 Å². The highest BCUT2D eigenvalue weighted by atomic mass is 79.9. The molecular formula is C13H15BrFN3O3. The molecule has 0 radical (unpaired) electrons. The van der Waals surface area contributed by atoms with Crippen molar-refractivity contribution in [3.8, 4) is 0 Å². The molecule has 2 aliphatic heterocycles. The van der Waals surface area contributed by atoms with Crippen molar-refractivity contribution in [3.05, 3.63) is 32.5 Å². The summed E-state index contributed by atoms with van der Waals surface area (Å²) in [6.45, 7) is 4.30. The number of anilines is 1. The van der Waals surface area contributed by atoms with Crippen LogP contribution < -0.4 is 4.90 Å². The van der Waals surface area contributed by atoms with Gasteiger partial charge in [-0.3, -0.25) is 15.0 Å². The molecule has 0 aliphatic carbocycles. The second-order valence-corrected chi connectivity index (χ2v) is 6.08. The number of rotatable bonds is 2. The molecule has 1 aromatic rings. The molecule has 2 saturated heterocycles. The molecule has 1 unspecified atom stereocenters. The van der Waals surface area contributed by atoms with Crippen LogP contribution in [-0.4, -0.2) is 55.3 Å². The summed E-state index contributed by atoms with van der Waals surface area (Å²) in [5.41, 5.74) is 0.263. The van der Waals surface area contributed by atoms with E-state index in [2.05, 4.69) is 20.8 Å².